The van der Waals surface area contributed by atoms with Gasteiger partial charge in [0.05, 0.1) is 11.5 Å². The molecule has 1 aliphatic heterocycles. The van der Waals surface area contributed by atoms with Gasteiger partial charge in [-0.3, -0.25) is 4.79 Å². The average molecular weight is 259 g/mol. The smallest absolute Gasteiger partial charge is 0.222 e. The molecule has 2 rings (SSSR count). The highest BCUT2D eigenvalue weighted by atomic mass is 32.2. The summed E-state index contributed by atoms with van der Waals surface area (Å²) in [5, 5.41) is 0. The molecule has 0 aromatic rings. The van der Waals surface area contributed by atoms with E-state index in [-0.39, 0.29) is 17.4 Å². The van der Waals surface area contributed by atoms with Crippen molar-refractivity contribution in [2.75, 3.05) is 24.6 Å². The van der Waals surface area contributed by atoms with Crippen LogP contribution in [-0.4, -0.2) is 43.8 Å². The predicted octanol–water partition coefficient (Wildman–Crippen LogP) is 1.21. The Bertz CT molecular complexity index is 357. The van der Waals surface area contributed by atoms with Gasteiger partial charge in [-0.1, -0.05) is 19.3 Å². The number of hydrogen-bond donors (Lipinski definition) is 0. The number of nitrogens with zero attached hydrogens (tertiary/aromatic N) is 1. The molecule has 1 saturated carbocycles. The molecular weight excluding hydrogens is 238 g/mol. The molecule has 1 saturated heterocycles. The van der Waals surface area contributed by atoms with Gasteiger partial charge in [-0.15, -0.1) is 0 Å². The Labute approximate surface area is 103 Å². The predicted molar refractivity (Wildman–Crippen MR) is 66.4 cm³/mol. The van der Waals surface area contributed by atoms with Crippen LogP contribution in [0.2, 0.25) is 0 Å². The largest absolute Gasteiger partial charge is 0.341 e. The Morgan fingerprint density at radius 2 is 1.65 bits per heavy atom. The maximum absolute atomic E-state index is 12.0. The van der Waals surface area contributed by atoms with E-state index < -0.39 is 9.84 Å². The van der Waals surface area contributed by atoms with Gasteiger partial charge in [0, 0.05) is 19.5 Å². The summed E-state index contributed by atoms with van der Waals surface area (Å²) in [7, 11) is -2.88. The summed E-state index contributed by atoms with van der Waals surface area (Å²) in [6.07, 6.45) is 6.74. The minimum atomic E-state index is -2.88. The van der Waals surface area contributed by atoms with Crippen molar-refractivity contribution >= 4 is 15.7 Å². The van der Waals surface area contributed by atoms with Gasteiger partial charge in [-0.05, 0) is 18.8 Å². The second-order valence-corrected chi connectivity index (χ2v) is 7.54. The zero-order valence-corrected chi connectivity index (χ0v) is 11.0. The van der Waals surface area contributed by atoms with Crippen molar-refractivity contribution in [3.05, 3.63) is 0 Å². The molecule has 0 bridgehead atoms. The Hall–Kier alpha value is -0.580. The van der Waals surface area contributed by atoms with Crippen molar-refractivity contribution in [3.8, 4) is 0 Å². The monoisotopic (exact) mass is 259 g/mol. The van der Waals surface area contributed by atoms with Crippen LogP contribution in [0.1, 0.15) is 38.5 Å². The van der Waals surface area contributed by atoms with Crippen molar-refractivity contribution in [3.63, 3.8) is 0 Å². The van der Waals surface area contributed by atoms with Gasteiger partial charge in [0.1, 0.15) is 0 Å². The van der Waals surface area contributed by atoms with Crippen LogP contribution >= 0.6 is 0 Å². The Kier molecular flexibility index (Phi) is 4.07. The van der Waals surface area contributed by atoms with E-state index in [2.05, 4.69) is 0 Å². The summed E-state index contributed by atoms with van der Waals surface area (Å²) in [5.41, 5.74) is 0. The molecule has 1 heterocycles. The first-order chi connectivity index (χ1) is 8.07. The number of carbonyl (C=O) groups is 1. The van der Waals surface area contributed by atoms with Crippen LogP contribution in [0.4, 0.5) is 0 Å². The molecule has 0 aromatic heterocycles. The summed E-state index contributed by atoms with van der Waals surface area (Å²) in [6.45, 7) is 0.793. The van der Waals surface area contributed by atoms with Gasteiger partial charge in [0.15, 0.2) is 9.84 Å². The van der Waals surface area contributed by atoms with Gasteiger partial charge in [-0.25, -0.2) is 8.42 Å². The fraction of sp³-hybridized carbons (Fsp3) is 0.917. The van der Waals surface area contributed by atoms with Gasteiger partial charge >= 0.3 is 0 Å². The quantitative estimate of drug-likeness (QED) is 0.749. The molecule has 0 spiro atoms. The van der Waals surface area contributed by atoms with Gasteiger partial charge < -0.3 is 4.90 Å². The third-order valence-electron chi connectivity index (χ3n) is 3.89. The van der Waals surface area contributed by atoms with Crippen molar-refractivity contribution in [1.82, 2.24) is 4.90 Å². The van der Waals surface area contributed by atoms with Crippen LogP contribution in [0.15, 0.2) is 0 Å². The van der Waals surface area contributed by atoms with Crippen LogP contribution < -0.4 is 0 Å². The summed E-state index contributed by atoms with van der Waals surface area (Å²) in [6, 6.07) is 0. The second-order valence-electron chi connectivity index (χ2n) is 5.24. The van der Waals surface area contributed by atoms with Crippen molar-refractivity contribution in [2.24, 2.45) is 5.92 Å². The first-order valence-corrected chi connectivity index (χ1v) is 8.37. The van der Waals surface area contributed by atoms with E-state index in [1.807, 2.05) is 0 Å². The molecule has 17 heavy (non-hydrogen) atoms. The van der Waals surface area contributed by atoms with Crippen LogP contribution in [0.5, 0.6) is 0 Å². The lowest BCUT2D eigenvalue weighted by Gasteiger charge is -2.29. The second kappa shape index (κ2) is 5.38. The number of rotatable bonds is 2. The van der Waals surface area contributed by atoms with E-state index in [0.29, 0.717) is 25.4 Å². The number of hydrogen-bond acceptors (Lipinski definition) is 3. The Morgan fingerprint density at radius 3 is 2.24 bits per heavy atom. The lowest BCUT2D eigenvalue weighted by molar-refractivity contribution is -0.132. The van der Waals surface area contributed by atoms with Crippen LogP contribution in [0.3, 0.4) is 0 Å². The number of carbonyl (C=O) groups excluding carboxylic acids is 1. The van der Waals surface area contributed by atoms with E-state index in [1.54, 1.807) is 4.90 Å². The molecule has 98 valence electrons. The minimum absolute atomic E-state index is 0.142. The maximum atomic E-state index is 12.0. The lowest BCUT2D eigenvalue weighted by Crippen LogP contribution is -2.44. The molecule has 0 radical (unpaired) electrons. The topological polar surface area (TPSA) is 54.5 Å². The number of sulfone groups is 1. The molecule has 0 atom stereocenters. The summed E-state index contributed by atoms with van der Waals surface area (Å²) in [4.78, 5) is 13.7. The summed E-state index contributed by atoms with van der Waals surface area (Å²) in [5.74, 6) is 0.980. The third kappa shape index (κ3) is 3.69. The maximum Gasteiger partial charge on any atom is 0.222 e. The molecule has 4 nitrogen and oxygen atoms in total. The standard InChI is InChI=1S/C12H21NO3S/c14-12(10-11-4-2-1-3-5-11)13-6-8-17(15,16)9-7-13/h11H,1-10H2. The highest BCUT2D eigenvalue weighted by Crippen LogP contribution is 2.27. The molecule has 1 aliphatic carbocycles. The normalized spacial score (nSPS) is 25.8. The van der Waals surface area contributed by atoms with E-state index in [9.17, 15) is 13.2 Å². The van der Waals surface area contributed by atoms with Gasteiger partial charge in [0.25, 0.3) is 0 Å². The van der Waals surface area contributed by atoms with Crippen molar-refractivity contribution < 1.29 is 13.2 Å². The molecule has 0 unspecified atom stereocenters. The third-order valence-corrected chi connectivity index (χ3v) is 5.49. The molecule has 5 heteroatoms. The Morgan fingerprint density at radius 1 is 1.06 bits per heavy atom. The van der Waals surface area contributed by atoms with Gasteiger partial charge in [0.2, 0.25) is 5.91 Å². The van der Waals surface area contributed by atoms with Crippen molar-refractivity contribution in [1.29, 1.82) is 0 Å². The molecule has 2 fully saturated rings. The first-order valence-electron chi connectivity index (χ1n) is 6.55. The average Bonchev–Trinajstić information content (AvgIpc) is 2.30. The van der Waals surface area contributed by atoms with E-state index in [1.165, 1.54) is 19.3 Å². The molecular formula is C12H21NO3S. The van der Waals surface area contributed by atoms with Crippen LogP contribution in [0, 0.1) is 5.92 Å². The first kappa shape index (κ1) is 12.9. The summed E-state index contributed by atoms with van der Waals surface area (Å²) < 4.78 is 22.5. The lowest BCUT2D eigenvalue weighted by atomic mass is 9.86. The van der Waals surface area contributed by atoms with E-state index in [0.717, 1.165) is 12.8 Å². The van der Waals surface area contributed by atoms with E-state index >= 15 is 0 Å². The zero-order valence-electron chi connectivity index (χ0n) is 10.2. The number of amides is 1. The van der Waals surface area contributed by atoms with Crippen LogP contribution in [-0.2, 0) is 14.6 Å². The van der Waals surface area contributed by atoms with Crippen LogP contribution in [0.25, 0.3) is 0 Å². The molecule has 1 amide bonds. The van der Waals surface area contributed by atoms with Crippen molar-refractivity contribution in [2.45, 2.75) is 38.5 Å². The van der Waals surface area contributed by atoms with Gasteiger partial charge in [-0.2, -0.15) is 0 Å². The highest BCUT2D eigenvalue weighted by molar-refractivity contribution is 7.91. The molecule has 2 aliphatic rings. The SMILES string of the molecule is O=C(CC1CCCCC1)N1CCS(=O)(=O)CC1. The zero-order chi connectivity index (χ0) is 12.3. The molecule has 0 N–H and O–H groups in total. The summed E-state index contributed by atoms with van der Waals surface area (Å²) >= 11 is 0. The Balaban J connectivity index is 1.80. The fourth-order valence-electron chi connectivity index (χ4n) is 2.73. The molecule has 0 aromatic carbocycles. The highest BCUT2D eigenvalue weighted by Gasteiger charge is 2.26. The fourth-order valence-corrected chi connectivity index (χ4v) is 3.93. The minimum Gasteiger partial charge on any atom is -0.341 e. The van der Waals surface area contributed by atoms with E-state index in [4.69, 9.17) is 0 Å².